The molecule has 5 nitrogen and oxygen atoms in total. The Morgan fingerprint density at radius 3 is 2.54 bits per heavy atom. The largest absolute Gasteiger partial charge is 0.345 e. The van der Waals surface area contributed by atoms with Crippen molar-refractivity contribution in [2.75, 3.05) is 18.7 Å². The number of likely N-dealkylation sites (N-methyl/N-ethyl adjacent to an activating group) is 1. The molecular formula is C18H25N3O2S. The maximum atomic E-state index is 13.1. The Morgan fingerprint density at radius 1 is 1.21 bits per heavy atom. The minimum atomic E-state index is -0.308. The molecular weight excluding hydrogens is 322 g/mol. The lowest BCUT2D eigenvalue weighted by Gasteiger charge is -2.27. The van der Waals surface area contributed by atoms with Gasteiger partial charge in [-0.2, -0.15) is 0 Å². The zero-order valence-electron chi connectivity index (χ0n) is 14.6. The van der Waals surface area contributed by atoms with Gasteiger partial charge in [-0.1, -0.05) is 0 Å². The third-order valence-electron chi connectivity index (χ3n) is 5.50. The van der Waals surface area contributed by atoms with Crippen LogP contribution in [0.2, 0.25) is 0 Å². The van der Waals surface area contributed by atoms with Crippen molar-refractivity contribution in [2.45, 2.75) is 57.7 Å². The van der Waals surface area contributed by atoms with Crippen LogP contribution in [0, 0.1) is 13.8 Å². The second-order valence-electron chi connectivity index (χ2n) is 7.36. The standard InChI is InChI=1S/C18H25N3O2S/c1-11-8-15(12(2)21(11)14-6-7-14)17(22)20-10-24-9-16(20)18(23)19(3)13-4-5-13/h8,13-14,16H,4-7,9-10H2,1-3H3/t16-/m1/s1. The Balaban J connectivity index is 1.57. The fourth-order valence-electron chi connectivity index (χ4n) is 3.77. The lowest BCUT2D eigenvalue weighted by atomic mass is 10.1. The molecule has 2 aliphatic carbocycles. The molecule has 24 heavy (non-hydrogen) atoms. The summed E-state index contributed by atoms with van der Waals surface area (Å²) < 4.78 is 2.30. The number of carbonyl (C=O) groups excluding carboxylic acids is 2. The van der Waals surface area contributed by atoms with Crippen molar-refractivity contribution >= 4 is 23.6 Å². The number of rotatable bonds is 4. The molecule has 0 spiro atoms. The fourth-order valence-corrected chi connectivity index (χ4v) is 4.91. The van der Waals surface area contributed by atoms with Gasteiger partial charge in [-0.05, 0) is 45.6 Å². The van der Waals surface area contributed by atoms with Crippen LogP contribution in [0.5, 0.6) is 0 Å². The van der Waals surface area contributed by atoms with Crippen LogP contribution in [0.3, 0.4) is 0 Å². The number of aryl methyl sites for hydroxylation is 1. The van der Waals surface area contributed by atoms with Gasteiger partial charge in [0, 0.05) is 36.3 Å². The minimum Gasteiger partial charge on any atom is -0.345 e. The average molecular weight is 347 g/mol. The first-order chi connectivity index (χ1) is 11.5. The zero-order chi connectivity index (χ0) is 17.0. The van der Waals surface area contributed by atoms with E-state index in [2.05, 4.69) is 11.5 Å². The molecule has 1 aromatic heterocycles. The molecule has 0 N–H and O–H groups in total. The molecule has 1 aliphatic heterocycles. The third-order valence-corrected chi connectivity index (χ3v) is 6.51. The Labute approximate surface area is 147 Å². The van der Waals surface area contributed by atoms with E-state index >= 15 is 0 Å². The summed E-state index contributed by atoms with van der Waals surface area (Å²) in [6.45, 7) is 4.11. The highest BCUT2D eigenvalue weighted by molar-refractivity contribution is 7.99. The maximum Gasteiger partial charge on any atom is 0.257 e. The third kappa shape index (κ3) is 2.65. The highest BCUT2D eigenvalue weighted by atomic mass is 32.2. The summed E-state index contributed by atoms with van der Waals surface area (Å²) >= 11 is 1.68. The first-order valence-corrected chi connectivity index (χ1v) is 9.98. The summed E-state index contributed by atoms with van der Waals surface area (Å²) in [6, 6.07) is 2.65. The average Bonchev–Trinajstić information content (AvgIpc) is 3.49. The number of carbonyl (C=O) groups is 2. The molecule has 0 radical (unpaired) electrons. The molecule has 6 heteroatoms. The molecule has 0 unspecified atom stereocenters. The van der Waals surface area contributed by atoms with Gasteiger partial charge in [0.2, 0.25) is 5.91 Å². The molecule has 1 saturated heterocycles. The van der Waals surface area contributed by atoms with Crippen LogP contribution >= 0.6 is 11.8 Å². The van der Waals surface area contributed by atoms with Crippen molar-refractivity contribution in [1.29, 1.82) is 0 Å². The monoisotopic (exact) mass is 347 g/mol. The lowest BCUT2D eigenvalue weighted by Crippen LogP contribution is -2.48. The molecule has 0 bridgehead atoms. The second kappa shape index (κ2) is 5.83. The molecule has 2 saturated carbocycles. The SMILES string of the molecule is Cc1cc(C(=O)N2CSC[C@@H]2C(=O)N(C)C2CC2)c(C)n1C1CC1. The van der Waals surface area contributed by atoms with E-state index in [4.69, 9.17) is 0 Å². The molecule has 2 heterocycles. The van der Waals surface area contributed by atoms with Gasteiger partial charge in [0.1, 0.15) is 6.04 Å². The Hall–Kier alpha value is -1.43. The second-order valence-corrected chi connectivity index (χ2v) is 8.36. The van der Waals surface area contributed by atoms with E-state index in [1.807, 2.05) is 24.9 Å². The normalized spacial score (nSPS) is 23.6. The van der Waals surface area contributed by atoms with Crippen molar-refractivity contribution in [3.05, 3.63) is 23.0 Å². The first-order valence-electron chi connectivity index (χ1n) is 8.83. The highest BCUT2D eigenvalue weighted by Crippen LogP contribution is 2.39. The quantitative estimate of drug-likeness (QED) is 0.841. The van der Waals surface area contributed by atoms with Gasteiger partial charge < -0.3 is 14.4 Å². The summed E-state index contributed by atoms with van der Waals surface area (Å²) in [5.41, 5.74) is 2.98. The van der Waals surface area contributed by atoms with E-state index in [1.165, 1.54) is 12.8 Å². The molecule has 1 atom stereocenters. The number of thioether (sulfide) groups is 1. The molecule has 1 aromatic rings. The number of amides is 2. The Morgan fingerprint density at radius 2 is 1.92 bits per heavy atom. The van der Waals surface area contributed by atoms with E-state index < -0.39 is 0 Å². The predicted octanol–water partition coefficient (Wildman–Crippen LogP) is 2.58. The van der Waals surface area contributed by atoms with Gasteiger partial charge in [0.05, 0.1) is 11.4 Å². The molecule has 2 amide bonds. The van der Waals surface area contributed by atoms with Gasteiger partial charge in [-0.3, -0.25) is 9.59 Å². The number of hydrogen-bond donors (Lipinski definition) is 0. The van der Waals surface area contributed by atoms with Crippen LogP contribution in [0.4, 0.5) is 0 Å². The van der Waals surface area contributed by atoms with E-state index in [-0.39, 0.29) is 17.9 Å². The van der Waals surface area contributed by atoms with Crippen LogP contribution in [-0.4, -0.2) is 56.9 Å². The van der Waals surface area contributed by atoms with E-state index in [0.717, 1.165) is 29.8 Å². The van der Waals surface area contributed by atoms with Crippen molar-refractivity contribution in [3.63, 3.8) is 0 Å². The lowest BCUT2D eigenvalue weighted by molar-refractivity contribution is -0.134. The van der Waals surface area contributed by atoms with Gasteiger partial charge in [-0.15, -0.1) is 11.8 Å². The van der Waals surface area contributed by atoms with Crippen molar-refractivity contribution in [1.82, 2.24) is 14.4 Å². The van der Waals surface area contributed by atoms with Gasteiger partial charge in [-0.25, -0.2) is 0 Å². The van der Waals surface area contributed by atoms with Crippen LogP contribution in [0.25, 0.3) is 0 Å². The summed E-state index contributed by atoms with van der Waals surface area (Å²) in [6.07, 6.45) is 4.60. The fraction of sp³-hybridized carbons (Fsp3) is 0.667. The Bertz CT molecular complexity index is 691. The van der Waals surface area contributed by atoms with Crippen LogP contribution in [0.1, 0.15) is 53.5 Å². The molecule has 130 valence electrons. The topological polar surface area (TPSA) is 45.6 Å². The molecule has 3 fully saturated rings. The zero-order valence-corrected chi connectivity index (χ0v) is 15.4. The number of hydrogen-bond acceptors (Lipinski definition) is 3. The minimum absolute atomic E-state index is 0.0162. The Kier molecular flexibility index (Phi) is 3.90. The summed E-state index contributed by atoms with van der Waals surface area (Å²) in [7, 11) is 1.88. The maximum absolute atomic E-state index is 13.1. The summed E-state index contributed by atoms with van der Waals surface area (Å²) in [5, 5.41) is 0. The molecule has 3 aliphatic rings. The molecule has 0 aromatic carbocycles. The van der Waals surface area contributed by atoms with Crippen LogP contribution < -0.4 is 0 Å². The van der Waals surface area contributed by atoms with E-state index in [9.17, 15) is 9.59 Å². The van der Waals surface area contributed by atoms with Crippen molar-refractivity contribution < 1.29 is 9.59 Å². The van der Waals surface area contributed by atoms with Gasteiger partial charge in [0.25, 0.3) is 5.91 Å². The van der Waals surface area contributed by atoms with Crippen LogP contribution in [0.15, 0.2) is 6.07 Å². The van der Waals surface area contributed by atoms with E-state index in [1.54, 1.807) is 16.7 Å². The van der Waals surface area contributed by atoms with Gasteiger partial charge >= 0.3 is 0 Å². The highest BCUT2D eigenvalue weighted by Gasteiger charge is 2.41. The van der Waals surface area contributed by atoms with Crippen LogP contribution in [-0.2, 0) is 4.79 Å². The summed E-state index contributed by atoms with van der Waals surface area (Å²) in [4.78, 5) is 29.5. The van der Waals surface area contributed by atoms with Crippen molar-refractivity contribution in [2.24, 2.45) is 0 Å². The molecule has 4 rings (SSSR count). The number of aromatic nitrogens is 1. The predicted molar refractivity (Wildman–Crippen MR) is 95.3 cm³/mol. The van der Waals surface area contributed by atoms with Crippen molar-refractivity contribution in [3.8, 4) is 0 Å². The first kappa shape index (κ1) is 16.1. The number of nitrogens with zero attached hydrogens (tertiary/aromatic N) is 3. The summed E-state index contributed by atoms with van der Waals surface area (Å²) in [5.74, 6) is 1.44. The van der Waals surface area contributed by atoms with E-state index in [0.29, 0.717) is 23.7 Å². The smallest absolute Gasteiger partial charge is 0.257 e. The van der Waals surface area contributed by atoms with Gasteiger partial charge in [0.15, 0.2) is 0 Å².